The molecule has 0 atom stereocenters. The van der Waals surface area contributed by atoms with E-state index in [-0.39, 0.29) is 5.91 Å². The van der Waals surface area contributed by atoms with Crippen molar-refractivity contribution in [3.63, 3.8) is 0 Å². The van der Waals surface area contributed by atoms with E-state index in [2.05, 4.69) is 16.2 Å². The first-order valence-electron chi connectivity index (χ1n) is 10.2. The summed E-state index contributed by atoms with van der Waals surface area (Å²) in [7, 11) is 0. The second-order valence-corrected chi connectivity index (χ2v) is 7.50. The van der Waals surface area contributed by atoms with Gasteiger partial charge in [-0.1, -0.05) is 90.5 Å². The Balaban J connectivity index is 1.76. The molecule has 0 unspecified atom stereocenters. The predicted molar refractivity (Wildman–Crippen MR) is 131 cm³/mol. The fourth-order valence-corrected chi connectivity index (χ4v) is 3.41. The summed E-state index contributed by atoms with van der Waals surface area (Å²) >= 11 is 6.06. The number of anilines is 1. The first-order valence-corrected chi connectivity index (χ1v) is 10.6. The molecule has 158 valence electrons. The molecule has 0 aliphatic rings. The van der Waals surface area contributed by atoms with Gasteiger partial charge in [-0.15, -0.1) is 0 Å². The van der Waals surface area contributed by atoms with Crippen molar-refractivity contribution in [3.05, 3.63) is 143 Å². The van der Waals surface area contributed by atoms with E-state index in [1.165, 1.54) is 0 Å². The number of halogens is 1. The molecule has 3 N–H and O–H groups in total. The Hall–Kier alpha value is -4.02. The van der Waals surface area contributed by atoms with Crippen LogP contribution in [0.4, 0.5) is 5.69 Å². The normalized spacial score (nSPS) is 10.2. The summed E-state index contributed by atoms with van der Waals surface area (Å²) < 4.78 is 0. The lowest BCUT2D eigenvalue weighted by Crippen LogP contribution is -2.39. The summed E-state index contributed by atoms with van der Waals surface area (Å²) in [4.78, 5) is 12.7. The Labute approximate surface area is 192 Å². The molecule has 0 fully saturated rings. The highest BCUT2D eigenvalue weighted by molar-refractivity contribution is 6.30. The van der Waals surface area contributed by atoms with Gasteiger partial charge < -0.3 is 5.32 Å². The third-order valence-corrected chi connectivity index (χ3v) is 5.08. The maximum absolute atomic E-state index is 12.7. The van der Waals surface area contributed by atoms with Crippen LogP contribution in [0.25, 0.3) is 5.57 Å². The number of carbonyl (C=O) groups is 1. The molecule has 0 aliphatic heterocycles. The standard InChI is InChI=1S/C27H22ClN3O/c28-23-16-18-24(19-17-23)29-26(30-31-27(32)22-14-8-3-9-15-22)25(20-10-4-1-5-11-20)21-12-6-2-7-13-21/h1-19,29-30H,(H,31,32). The molecule has 4 aromatic carbocycles. The highest BCUT2D eigenvalue weighted by atomic mass is 35.5. The monoisotopic (exact) mass is 439 g/mol. The van der Waals surface area contributed by atoms with E-state index in [4.69, 9.17) is 11.6 Å². The summed E-state index contributed by atoms with van der Waals surface area (Å²) in [6, 6.07) is 36.5. The first-order chi connectivity index (χ1) is 15.7. The number of amides is 1. The zero-order valence-corrected chi connectivity index (χ0v) is 18.0. The lowest BCUT2D eigenvalue weighted by molar-refractivity contribution is 0.0939. The first kappa shape index (κ1) is 21.2. The summed E-state index contributed by atoms with van der Waals surface area (Å²) in [5.41, 5.74) is 10.2. The average molecular weight is 440 g/mol. The Morgan fingerprint density at radius 1 is 0.562 bits per heavy atom. The van der Waals surface area contributed by atoms with E-state index in [1.54, 1.807) is 12.1 Å². The van der Waals surface area contributed by atoms with Crippen molar-refractivity contribution >= 4 is 28.8 Å². The minimum Gasteiger partial charge on any atom is -0.340 e. The molecule has 1 amide bonds. The van der Waals surface area contributed by atoms with Crippen LogP contribution in [0.5, 0.6) is 0 Å². The van der Waals surface area contributed by atoms with Crippen molar-refractivity contribution in [2.45, 2.75) is 0 Å². The van der Waals surface area contributed by atoms with E-state index in [9.17, 15) is 4.79 Å². The van der Waals surface area contributed by atoms with Crippen molar-refractivity contribution in [2.24, 2.45) is 0 Å². The van der Waals surface area contributed by atoms with Gasteiger partial charge in [0.25, 0.3) is 5.91 Å². The van der Waals surface area contributed by atoms with Gasteiger partial charge >= 0.3 is 0 Å². The van der Waals surface area contributed by atoms with Crippen LogP contribution >= 0.6 is 11.6 Å². The van der Waals surface area contributed by atoms with Gasteiger partial charge in [-0.2, -0.15) is 0 Å². The molecular formula is C27H22ClN3O. The van der Waals surface area contributed by atoms with Gasteiger partial charge in [-0.25, -0.2) is 0 Å². The molecule has 32 heavy (non-hydrogen) atoms. The van der Waals surface area contributed by atoms with Crippen LogP contribution in [0.3, 0.4) is 0 Å². The van der Waals surface area contributed by atoms with Gasteiger partial charge in [-0.05, 0) is 47.5 Å². The van der Waals surface area contributed by atoms with Gasteiger partial charge in [0.1, 0.15) is 5.82 Å². The molecule has 0 spiro atoms. The second-order valence-electron chi connectivity index (χ2n) is 7.06. The lowest BCUT2D eigenvalue weighted by Gasteiger charge is -2.20. The van der Waals surface area contributed by atoms with Crippen LogP contribution in [0.1, 0.15) is 21.5 Å². The third-order valence-electron chi connectivity index (χ3n) is 4.83. The highest BCUT2D eigenvalue weighted by Crippen LogP contribution is 2.27. The van der Waals surface area contributed by atoms with Crippen molar-refractivity contribution in [2.75, 3.05) is 5.32 Å². The molecular weight excluding hydrogens is 418 g/mol. The third kappa shape index (κ3) is 5.36. The fraction of sp³-hybridized carbons (Fsp3) is 0. The van der Waals surface area contributed by atoms with Crippen molar-refractivity contribution in [1.82, 2.24) is 10.9 Å². The Morgan fingerprint density at radius 2 is 1.03 bits per heavy atom. The minimum absolute atomic E-state index is 0.235. The number of nitrogens with one attached hydrogen (secondary N) is 3. The molecule has 4 nitrogen and oxygen atoms in total. The molecule has 5 heteroatoms. The molecule has 0 saturated carbocycles. The number of rotatable bonds is 7. The summed E-state index contributed by atoms with van der Waals surface area (Å²) in [5, 5.41) is 4.06. The van der Waals surface area contributed by atoms with Crippen LogP contribution in [0.2, 0.25) is 5.02 Å². The van der Waals surface area contributed by atoms with Crippen LogP contribution in [0, 0.1) is 0 Å². The number of hydrogen-bond donors (Lipinski definition) is 3. The topological polar surface area (TPSA) is 53.2 Å². The quantitative estimate of drug-likeness (QED) is 0.305. The van der Waals surface area contributed by atoms with E-state index < -0.39 is 0 Å². The van der Waals surface area contributed by atoms with Crippen LogP contribution < -0.4 is 16.2 Å². The maximum atomic E-state index is 12.7. The van der Waals surface area contributed by atoms with Gasteiger partial charge in [-0.3, -0.25) is 15.6 Å². The summed E-state index contributed by atoms with van der Waals surface area (Å²) in [5.74, 6) is 0.399. The second kappa shape index (κ2) is 10.3. The van der Waals surface area contributed by atoms with Crippen molar-refractivity contribution < 1.29 is 4.79 Å². The summed E-state index contributed by atoms with van der Waals surface area (Å²) in [6.45, 7) is 0. The van der Waals surface area contributed by atoms with Crippen LogP contribution in [-0.4, -0.2) is 5.91 Å². The lowest BCUT2D eigenvalue weighted by atomic mass is 9.97. The Kier molecular flexibility index (Phi) is 6.85. The molecule has 0 saturated heterocycles. The van der Waals surface area contributed by atoms with Gasteiger partial charge in [0.15, 0.2) is 0 Å². The van der Waals surface area contributed by atoms with E-state index in [0.29, 0.717) is 16.4 Å². The maximum Gasteiger partial charge on any atom is 0.269 e. The Morgan fingerprint density at radius 3 is 1.53 bits per heavy atom. The molecule has 0 radical (unpaired) electrons. The molecule has 4 aromatic rings. The number of carbonyl (C=O) groups excluding carboxylic acids is 1. The van der Waals surface area contributed by atoms with Gasteiger partial charge in [0.05, 0.1) is 0 Å². The largest absolute Gasteiger partial charge is 0.340 e. The van der Waals surface area contributed by atoms with E-state index in [0.717, 1.165) is 22.4 Å². The Bertz CT molecular complexity index is 1150. The van der Waals surface area contributed by atoms with Crippen LogP contribution in [0.15, 0.2) is 121 Å². The molecule has 0 bridgehead atoms. The van der Waals surface area contributed by atoms with Gasteiger partial charge in [0, 0.05) is 21.8 Å². The van der Waals surface area contributed by atoms with E-state index in [1.807, 2.05) is 103 Å². The van der Waals surface area contributed by atoms with Crippen molar-refractivity contribution in [1.29, 1.82) is 0 Å². The molecule has 4 rings (SSSR count). The zero-order valence-electron chi connectivity index (χ0n) is 17.3. The SMILES string of the molecule is O=C(NNC(Nc1ccc(Cl)cc1)=C(c1ccccc1)c1ccccc1)c1ccccc1. The van der Waals surface area contributed by atoms with Crippen molar-refractivity contribution in [3.8, 4) is 0 Å². The smallest absolute Gasteiger partial charge is 0.269 e. The fourth-order valence-electron chi connectivity index (χ4n) is 3.28. The molecule has 0 aromatic heterocycles. The number of benzene rings is 4. The number of hydrazine groups is 1. The minimum atomic E-state index is -0.235. The number of hydrogen-bond acceptors (Lipinski definition) is 3. The zero-order chi connectivity index (χ0) is 22.2. The van der Waals surface area contributed by atoms with E-state index >= 15 is 0 Å². The highest BCUT2D eigenvalue weighted by Gasteiger charge is 2.14. The average Bonchev–Trinajstić information content (AvgIpc) is 2.85. The van der Waals surface area contributed by atoms with Crippen LogP contribution in [-0.2, 0) is 0 Å². The predicted octanol–water partition coefficient (Wildman–Crippen LogP) is 6.10. The van der Waals surface area contributed by atoms with Gasteiger partial charge in [0.2, 0.25) is 0 Å². The molecule has 0 aliphatic carbocycles. The summed E-state index contributed by atoms with van der Waals surface area (Å²) in [6.07, 6.45) is 0. The molecule has 0 heterocycles.